The van der Waals surface area contributed by atoms with Gasteiger partial charge in [0.2, 0.25) is 5.88 Å². The number of aryl methyl sites for hydroxylation is 1. The molecule has 2 rings (SSSR count). The van der Waals surface area contributed by atoms with Gasteiger partial charge in [-0.15, -0.1) is 0 Å². The molecular weight excluding hydrogens is 254 g/mol. The van der Waals surface area contributed by atoms with Crippen molar-refractivity contribution < 1.29 is 14.6 Å². The van der Waals surface area contributed by atoms with Gasteiger partial charge in [-0.1, -0.05) is 24.6 Å². The third kappa shape index (κ3) is 2.54. The van der Waals surface area contributed by atoms with Gasteiger partial charge < -0.3 is 9.84 Å². The first-order valence-electron chi connectivity index (χ1n) is 5.54. The molecule has 0 unspecified atom stereocenters. The topological polar surface area (TPSA) is 59.4 Å². The molecule has 18 heavy (non-hydrogen) atoms. The Hall–Kier alpha value is -1.81. The van der Waals surface area contributed by atoms with Crippen molar-refractivity contribution >= 4 is 28.5 Å². The van der Waals surface area contributed by atoms with Crippen LogP contribution in [-0.4, -0.2) is 22.7 Å². The standard InChI is InChI=1S/C13H12ClNO3/c1-2-8-3-5-10(14)9-4-6-11(15-13(8)9)18-7-12(16)17/h3-6H,2,7H2,1H3,(H,16,17). The number of halogens is 1. The molecule has 0 saturated carbocycles. The number of hydrogen-bond acceptors (Lipinski definition) is 3. The number of hydrogen-bond donors (Lipinski definition) is 1. The number of aromatic nitrogens is 1. The molecule has 0 aliphatic rings. The van der Waals surface area contributed by atoms with E-state index in [9.17, 15) is 4.79 Å². The summed E-state index contributed by atoms with van der Waals surface area (Å²) in [6, 6.07) is 7.17. The Balaban J connectivity index is 2.45. The molecule has 2 aromatic rings. The van der Waals surface area contributed by atoms with Crippen molar-refractivity contribution in [3.63, 3.8) is 0 Å². The Kier molecular flexibility index (Phi) is 3.67. The van der Waals surface area contributed by atoms with Crippen molar-refractivity contribution in [1.82, 2.24) is 4.98 Å². The summed E-state index contributed by atoms with van der Waals surface area (Å²) >= 11 is 6.09. The van der Waals surface area contributed by atoms with E-state index in [0.29, 0.717) is 10.9 Å². The smallest absolute Gasteiger partial charge is 0.341 e. The molecule has 0 aliphatic carbocycles. The largest absolute Gasteiger partial charge is 0.479 e. The normalized spacial score (nSPS) is 10.6. The van der Waals surface area contributed by atoms with Gasteiger partial charge in [0.1, 0.15) is 0 Å². The van der Waals surface area contributed by atoms with E-state index in [1.165, 1.54) is 0 Å². The molecule has 0 fully saturated rings. The number of nitrogens with zero attached hydrogens (tertiary/aromatic N) is 1. The third-order valence-corrected chi connectivity index (χ3v) is 2.92. The van der Waals surface area contributed by atoms with Gasteiger partial charge in [-0.3, -0.25) is 0 Å². The fourth-order valence-electron chi connectivity index (χ4n) is 1.72. The summed E-state index contributed by atoms with van der Waals surface area (Å²) in [4.78, 5) is 14.7. The van der Waals surface area contributed by atoms with E-state index in [1.807, 2.05) is 19.1 Å². The number of pyridine rings is 1. The zero-order valence-electron chi connectivity index (χ0n) is 9.81. The summed E-state index contributed by atoms with van der Waals surface area (Å²) in [5.74, 6) is -0.736. The molecule has 94 valence electrons. The molecule has 5 heteroatoms. The second-order valence-corrected chi connectivity index (χ2v) is 4.20. The van der Waals surface area contributed by atoms with Crippen LogP contribution >= 0.6 is 11.6 Å². The number of carboxylic acids is 1. The van der Waals surface area contributed by atoms with E-state index >= 15 is 0 Å². The van der Waals surface area contributed by atoms with E-state index in [1.54, 1.807) is 12.1 Å². The van der Waals surface area contributed by atoms with Gasteiger partial charge in [0, 0.05) is 16.5 Å². The van der Waals surface area contributed by atoms with Crippen LogP contribution in [0.4, 0.5) is 0 Å². The highest BCUT2D eigenvalue weighted by atomic mass is 35.5. The molecule has 1 aromatic heterocycles. The van der Waals surface area contributed by atoms with E-state index in [-0.39, 0.29) is 0 Å². The van der Waals surface area contributed by atoms with Crippen molar-refractivity contribution in [3.8, 4) is 5.88 Å². The fraction of sp³-hybridized carbons (Fsp3) is 0.231. The Morgan fingerprint density at radius 1 is 1.39 bits per heavy atom. The first-order chi connectivity index (χ1) is 8.61. The van der Waals surface area contributed by atoms with Crippen LogP contribution in [0.2, 0.25) is 5.02 Å². The lowest BCUT2D eigenvalue weighted by Gasteiger charge is -2.08. The quantitative estimate of drug-likeness (QED) is 0.923. The lowest BCUT2D eigenvalue weighted by Crippen LogP contribution is -2.10. The lowest BCUT2D eigenvalue weighted by atomic mass is 10.1. The SMILES string of the molecule is CCc1ccc(Cl)c2ccc(OCC(=O)O)nc12. The average molecular weight is 266 g/mol. The summed E-state index contributed by atoms with van der Waals surface area (Å²) in [6.45, 7) is 1.62. The lowest BCUT2D eigenvalue weighted by molar-refractivity contribution is -0.139. The molecule has 0 bridgehead atoms. The van der Waals surface area contributed by atoms with Crippen LogP contribution in [0.3, 0.4) is 0 Å². The van der Waals surface area contributed by atoms with E-state index in [2.05, 4.69) is 4.98 Å². The predicted molar refractivity (Wildman–Crippen MR) is 69.3 cm³/mol. The summed E-state index contributed by atoms with van der Waals surface area (Å²) < 4.78 is 5.06. The zero-order chi connectivity index (χ0) is 13.1. The Morgan fingerprint density at radius 3 is 2.83 bits per heavy atom. The highest BCUT2D eigenvalue weighted by Crippen LogP contribution is 2.27. The number of ether oxygens (including phenoxy) is 1. The molecule has 4 nitrogen and oxygen atoms in total. The molecule has 0 spiro atoms. The number of aliphatic carboxylic acids is 1. The molecule has 1 N–H and O–H groups in total. The number of benzene rings is 1. The first-order valence-corrected chi connectivity index (χ1v) is 5.92. The maximum absolute atomic E-state index is 10.4. The second-order valence-electron chi connectivity index (χ2n) is 3.79. The molecule has 0 atom stereocenters. The van der Waals surface area contributed by atoms with Gasteiger partial charge in [-0.25, -0.2) is 9.78 Å². The van der Waals surface area contributed by atoms with E-state index in [4.69, 9.17) is 21.4 Å². The van der Waals surface area contributed by atoms with Gasteiger partial charge in [-0.05, 0) is 24.1 Å². The maximum Gasteiger partial charge on any atom is 0.341 e. The van der Waals surface area contributed by atoms with Crippen molar-refractivity contribution in [2.24, 2.45) is 0 Å². The van der Waals surface area contributed by atoms with Gasteiger partial charge in [0.15, 0.2) is 6.61 Å². The summed E-state index contributed by atoms with van der Waals surface area (Å²) in [5, 5.41) is 10.0. The zero-order valence-corrected chi connectivity index (χ0v) is 10.6. The minimum absolute atomic E-state index is 0.293. The highest BCUT2D eigenvalue weighted by Gasteiger charge is 2.08. The average Bonchev–Trinajstić information content (AvgIpc) is 2.37. The fourth-order valence-corrected chi connectivity index (χ4v) is 1.94. The summed E-state index contributed by atoms with van der Waals surface area (Å²) in [6.07, 6.45) is 0.822. The molecule has 1 aromatic carbocycles. The third-order valence-electron chi connectivity index (χ3n) is 2.59. The monoisotopic (exact) mass is 265 g/mol. The molecule has 0 saturated heterocycles. The molecule has 0 aliphatic heterocycles. The summed E-state index contributed by atoms with van der Waals surface area (Å²) in [7, 11) is 0. The van der Waals surface area contributed by atoms with Crippen molar-refractivity contribution in [1.29, 1.82) is 0 Å². The van der Waals surface area contributed by atoms with Crippen LogP contribution in [0.25, 0.3) is 10.9 Å². The molecule has 1 heterocycles. The Bertz CT molecular complexity index is 598. The Labute approximate surface area is 109 Å². The van der Waals surface area contributed by atoms with Gasteiger partial charge in [-0.2, -0.15) is 0 Å². The van der Waals surface area contributed by atoms with Gasteiger partial charge >= 0.3 is 5.97 Å². The summed E-state index contributed by atoms with van der Waals surface area (Å²) in [5.41, 5.74) is 1.81. The Morgan fingerprint density at radius 2 is 2.17 bits per heavy atom. The van der Waals surface area contributed by atoms with Gasteiger partial charge in [0.05, 0.1) is 5.52 Å². The first kappa shape index (κ1) is 12.6. The minimum atomic E-state index is -1.03. The highest BCUT2D eigenvalue weighted by molar-refractivity contribution is 6.35. The predicted octanol–water partition coefficient (Wildman–Crippen LogP) is 2.91. The van der Waals surface area contributed by atoms with Crippen LogP contribution < -0.4 is 4.74 Å². The number of fused-ring (bicyclic) bond motifs is 1. The van der Waals surface area contributed by atoms with Gasteiger partial charge in [0.25, 0.3) is 0 Å². The second kappa shape index (κ2) is 5.23. The minimum Gasteiger partial charge on any atom is -0.479 e. The van der Waals surface area contributed by atoms with Crippen molar-refractivity contribution in [2.45, 2.75) is 13.3 Å². The van der Waals surface area contributed by atoms with Crippen LogP contribution in [0.5, 0.6) is 5.88 Å². The van der Waals surface area contributed by atoms with Crippen LogP contribution in [0.1, 0.15) is 12.5 Å². The van der Waals surface area contributed by atoms with Crippen molar-refractivity contribution in [2.75, 3.05) is 6.61 Å². The maximum atomic E-state index is 10.4. The molecule has 0 amide bonds. The number of rotatable bonds is 4. The van der Waals surface area contributed by atoms with Crippen LogP contribution in [0, 0.1) is 0 Å². The number of carbonyl (C=O) groups is 1. The van der Waals surface area contributed by atoms with E-state index < -0.39 is 12.6 Å². The van der Waals surface area contributed by atoms with E-state index in [0.717, 1.165) is 22.9 Å². The molecule has 0 radical (unpaired) electrons. The molecular formula is C13H12ClNO3. The van der Waals surface area contributed by atoms with Crippen molar-refractivity contribution in [3.05, 3.63) is 34.9 Å². The van der Waals surface area contributed by atoms with Crippen LogP contribution in [0.15, 0.2) is 24.3 Å². The van der Waals surface area contributed by atoms with Crippen LogP contribution in [-0.2, 0) is 11.2 Å². The number of carboxylic acid groups (broad SMARTS) is 1.